The maximum absolute atomic E-state index is 13.6. The molecule has 7 nitrogen and oxygen atoms in total. The van der Waals surface area contributed by atoms with Gasteiger partial charge in [0.15, 0.2) is 0 Å². The number of aromatic nitrogens is 2. The molecule has 0 saturated carbocycles. The third-order valence-corrected chi connectivity index (χ3v) is 5.86. The normalized spacial score (nSPS) is 32.9. The summed E-state index contributed by atoms with van der Waals surface area (Å²) in [5.41, 5.74) is -1.24. The van der Waals surface area contributed by atoms with Crippen LogP contribution in [0, 0.1) is 0 Å². The Morgan fingerprint density at radius 2 is 2.07 bits per heavy atom. The number of hydrogen-bond donors (Lipinski definition) is 1. The van der Waals surface area contributed by atoms with Crippen LogP contribution in [0.15, 0.2) is 6.20 Å². The van der Waals surface area contributed by atoms with Gasteiger partial charge in [0.25, 0.3) is 12.3 Å². The number of ether oxygens (including phenoxy) is 2. The standard InChI is InChI=1S/C18H24F2N4O3/c1-17-3-4-18(2,27-17)12(9-17)22-16-21-10-11(13(23-16)14(19)20)15(25)24-5-7-26-8-6-24/h10,12,14H,3-9H2,1-2H3,(H,21,22,23)/t12-,17+,18-/m0/s1. The molecule has 4 heterocycles. The van der Waals surface area contributed by atoms with E-state index in [0.717, 1.165) is 19.3 Å². The van der Waals surface area contributed by atoms with Gasteiger partial charge in [0.1, 0.15) is 5.69 Å². The Bertz CT molecular complexity index is 743. The Hall–Kier alpha value is -1.87. The van der Waals surface area contributed by atoms with Crippen molar-refractivity contribution >= 4 is 11.9 Å². The van der Waals surface area contributed by atoms with E-state index in [1.807, 2.05) is 6.92 Å². The summed E-state index contributed by atoms with van der Waals surface area (Å²) in [6, 6.07) is -0.0532. The van der Waals surface area contributed by atoms with Gasteiger partial charge >= 0.3 is 0 Å². The molecule has 1 N–H and O–H groups in total. The van der Waals surface area contributed by atoms with E-state index in [1.165, 1.54) is 11.1 Å². The molecule has 3 fully saturated rings. The second kappa shape index (κ2) is 6.63. The number of carbonyl (C=O) groups is 1. The summed E-state index contributed by atoms with van der Waals surface area (Å²) < 4.78 is 38.5. The summed E-state index contributed by atoms with van der Waals surface area (Å²) >= 11 is 0. The zero-order valence-corrected chi connectivity index (χ0v) is 15.5. The Morgan fingerprint density at radius 3 is 2.67 bits per heavy atom. The highest BCUT2D eigenvalue weighted by Gasteiger charge is 2.56. The van der Waals surface area contributed by atoms with Gasteiger partial charge < -0.3 is 19.7 Å². The summed E-state index contributed by atoms with van der Waals surface area (Å²) in [6.07, 6.45) is 0.990. The molecule has 0 radical (unpaired) electrons. The zero-order valence-electron chi connectivity index (χ0n) is 15.5. The third-order valence-electron chi connectivity index (χ3n) is 5.86. The lowest BCUT2D eigenvalue weighted by atomic mass is 9.80. The van der Waals surface area contributed by atoms with Gasteiger partial charge in [-0.1, -0.05) is 0 Å². The van der Waals surface area contributed by atoms with Gasteiger partial charge in [-0.2, -0.15) is 0 Å². The summed E-state index contributed by atoms with van der Waals surface area (Å²) in [5.74, 6) is -0.377. The number of halogens is 2. The molecule has 148 valence electrons. The van der Waals surface area contributed by atoms with Crippen molar-refractivity contribution in [2.24, 2.45) is 0 Å². The number of rotatable bonds is 4. The highest BCUT2D eigenvalue weighted by Crippen LogP contribution is 2.51. The minimum absolute atomic E-state index is 0.0532. The third kappa shape index (κ3) is 3.38. The molecule has 27 heavy (non-hydrogen) atoms. The maximum Gasteiger partial charge on any atom is 0.281 e. The number of hydrogen-bond acceptors (Lipinski definition) is 6. The molecule has 0 aliphatic carbocycles. The molecule has 3 aliphatic rings. The van der Waals surface area contributed by atoms with E-state index in [0.29, 0.717) is 26.3 Å². The molecule has 3 atom stereocenters. The van der Waals surface area contributed by atoms with Gasteiger partial charge in [-0.15, -0.1) is 0 Å². The smallest absolute Gasteiger partial charge is 0.281 e. The Morgan fingerprint density at radius 1 is 1.33 bits per heavy atom. The summed E-state index contributed by atoms with van der Waals surface area (Å²) in [5, 5.41) is 3.15. The number of carbonyl (C=O) groups excluding carboxylic acids is 1. The van der Waals surface area contributed by atoms with E-state index in [-0.39, 0.29) is 28.8 Å². The maximum atomic E-state index is 13.6. The van der Waals surface area contributed by atoms with Crippen LogP contribution < -0.4 is 5.32 Å². The molecule has 0 aromatic carbocycles. The first-order chi connectivity index (χ1) is 12.8. The van der Waals surface area contributed by atoms with E-state index in [9.17, 15) is 13.6 Å². The molecule has 0 spiro atoms. The van der Waals surface area contributed by atoms with Crippen LogP contribution in [0.25, 0.3) is 0 Å². The predicted octanol–water partition coefficient (Wildman–Crippen LogP) is 2.40. The van der Waals surface area contributed by atoms with Gasteiger partial charge in [-0.25, -0.2) is 18.7 Å². The second-order valence-corrected chi connectivity index (χ2v) is 7.96. The summed E-state index contributed by atoms with van der Waals surface area (Å²) in [4.78, 5) is 22.2. The molecule has 1 aromatic heterocycles. The predicted molar refractivity (Wildman–Crippen MR) is 92.9 cm³/mol. The molecule has 4 rings (SSSR count). The lowest BCUT2D eigenvalue weighted by Crippen LogP contribution is -2.42. The lowest BCUT2D eigenvalue weighted by molar-refractivity contribution is -0.0286. The number of nitrogens with zero attached hydrogens (tertiary/aromatic N) is 3. The van der Waals surface area contributed by atoms with Gasteiger partial charge in [0.05, 0.1) is 36.0 Å². The number of alkyl halides is 2. The van der Waals surface area contributed by atoms with E-state index < -0.39 is 18.0 Å². The average molecular weight is 382 g/mol. The van der Waals surface area contributed by atoms with Crippen molar-refractivity contribution in [2.45, 2.75) is 56.8 Å². The van der Waals surface area contributed by atoms with Crippen molar-refractivity contribution in [3.63, 3.8) is 0 Å². The van der Waals surface area contributed by atoms with Crippen LogP contribution in [0.2, 0.25) is 0 Å². The van der Waals surface area contributed by atoms with Crippen molar-refractivity contribution in [3.05, 3.63) is 17.5 Å². The number of fused-ring (bicyclic) bond motifs is 2. The first kappa shape index (κ1) is 18.5. The van der Waals surface area contributed by atoms with E-state index in [2.05, 4.69) is 22.2 Å². The molecule has 2 bridgehead atoms. The molecule has 1 aromatic rings. The Kier molecular flexibility index (Phi) is 4.54. The average Bonchev–Trinajstić information content (AvgIpc) is 3.10. The summed E-state index contributed by atoms with van der Waals surface area (Å²) in [6.45, 7) is 5.63. The van der Waals surface area contributed by atoms with Crippen LogP contribution in [0.1, 0.15) is 55.6 Å². The minimum atomic E-state index is -2.86. The number of anilines is 1. The largest absolute Gasteiger partial charge is 0.378 e. The van der Waals surface area contributed by atoms with Gasteiger partial charge in [0.2, 0.25) is 5.95 Å². The fourth-order valence-electron chi connectivity index (χ4n) is 4.31. The van der Waals surface area contributed by atoms with Crippen LogP contribution in [0.5, 0.6) is 0 Å². The zero-order chi connectivity index (χ0) is 19.2. The van der Waals surface area contributed by atoms with E-state index in [1.54, 1.807) is 0 Å². The molecule has 3 aliphatic heterocycles. The summed E-state index contributed by atoms with van der Waals surface area (Å²) in [7, 11) is 0. The highest BCUT2D eigenvalue weighted by atomic mass is 19.3. The van der Waals surface area contributed by atoms with Crippen molar-refractivity contribution in [1.29, 1.82) is 0 Å². The van der Waals surface area contributed by atoms with Gasteiger partial charge in [-0.05, 0) is 33.1 Å². The van der Waals surface area contributed by atoms with Gasteiger partial charge in [-0.3, -0.25) is 4.79 Å². The van der Waals surface area contributed by atoms with Crippen LogP contribution in [-0.4, -0.2) is 64.3 Å². The molecule has 0 unspecified atom stereocenters. The molecule has 9 heteroatoms. The molecular weight excluding hydrogens is 358 g/mol. The monoisotopic (exact) mass is 382 g/mol. The van der Waals surface area contributed by atoms with E-state index >= 15 is 0 Å². The number of nitrogens with one attached hydrogen (secondary N) is 1. The lowest BCUT2D eigenvalue weighted by Gasteiger charge is -2.30. The molecule has 1 amide bonds. The fourth-order valence-corrected chi connectivity index (χ4v) is 4.31. The van der Waals surface area contributed by atoms with Crippen molar-refractivity contribution < 1.29 is 23.0 Å². The van der Waals surface area contributed by atoms with Crippen LogP contribution in [0.3, 0.4) is 0 Å². The van der Waals surface area contributed by atoms with Crippen molar-refractivity contribution in [3.8, 4) is 0 Å². The SMILES string of the molecule is C[C@]12CC[C@](C)(O1)[C@@H](Nc1ncc(C(=O)N3CCOCC3)c(C(F)F)n1)C2. The van der Waals surface area contributed by atoms with Crippen LogP contribution in [0.4, 0.5) is 14.7 Å². The number of amides is 1. The van der Waals surface area contributed by atoms with Crippen molar-refractivity contribution in [1.82, 2.24) is 14.9 Å². The molecule has 3 saturated heterocycles. The highest BCUT2D eigenvalue weighted by molar-refractivity contribution is 5.95. The van der Waals surface area contributed by atoms with Crippen LogP contribution >= 0.6 is 0 Å². The second-order valence-electron chi connectivity index (χ2n) is 7.96. The quantitative estimate of drug-likeness (QED) is 0.862. The van der Waals surface area contributed by atoms with Crippen LogP contribution in [-0.2, 0) is 9.47 Å². The Labute approximate surface area is 156 Å². The topological polar surface area (TPSA) is 76.6 Å². The Balaban J connectivity index is 1.55. The first-order valence-electron chi connectivity index (χ1n) is 9.28. The van der Waals surface area contributed by atoms with E-state index in [4.69, 9.17) is 9.47 Å². The minimum Gasteiger partial charge on any atom is -0.378 e. The molecular formula is C18H24F2N4O3. The first-order valence-corrected chi connectivity index (χ1v) is 9.28. The van der Waals surface area contributed by atoms with Crippen molar-refractivity contribution in [2.75, 3.05) is 31.6 Å². The fraction of sp³-hybridized carbons (Fsp3) is 0.722. The number of morpholine rings is 1. The van der Waals surface area contributed by atoms with Gasteiger partial charge in [0, 0.05) is 19.3 Å².